The maximum absolute atomic E-state index is 12.0. The number of rotatable bonds is 4. The zero-order chi connectivity index (χ0) is 13.2. The van der Waals surface area contributed by atoms with Crippen LogP contribution in [0.15, 0.2) is 0 Å². The number of hydrogen-bond donors (Lipinski definition) is 1. The van der Waals surface area contributed by atoms with Crippen molar-refractivity contribution in [1.82, 2.24) is 5.32 Å². The average molecular weight is 284 g/mol. The second-order valence-corrected chi connectivity index (χ2v) is 7.68. The first-order chi connectivity index (χ1) is 9.20. The number of alkyl halides is 1. The number of fused-ring (bicyclic) bond motifs is 2. The van der Waals surface area contributed by atoms with E-state index in [-0.39, 0.29) is 0 Å². The fourth-order valence-electron chi connectivity index (χ4n) is 4.52. The first kappa shape index (κ1) is 13.7. The zero-order valence-electron chi connectivity index (χ0n) is 11.7. The summed E-state index contributed by atoms with van der Waals surface area (Å²) in [5.41, 5.74) is 0. The first-order valence-corrected chi connectivity index (χ1v) is 8.55. The molecular formula is C16H26ClNO. The van der Waals surface area contributed by atoms with Crippen LogP contribution in [0.2, 0.25) is 0 Å². The van der Waals surface area contributed by atoms with Crippen molar-refractivity contribution in [3.63, 3.8) is 0 Å². The van der Waals surface area contributed by atoms with E-state index in [1.54, 1.807) is 0 Å². The Balaban J connectivity index is 1.35. The molecule has 3 heteroatoms. The van der Waals surface area contributed by atoms with Crippen molar-refractivity contribution in [2.24, 2.45) is 23.7 Å². The molecular weight excluding hydrogens is 258 g/mol. The Kier molecular flexibility index (Phi) is 4.36. The molecule has 0 spiro atoms. The highest BCUT2D eigenvalue weighted by atomic mass is 35.5. The van der Waals surface area contributed by atoms with Crippen LogP contribution in [0.1, 0.15) is 57.8 Å². The molecule has 0 aliphatic heterocycles. The van der Waals surface area contributed by atoms with Crippen molar-refractivity contribution in [3.05, 3.63) is 0 Å². The summed E-state index contributed by atoms with van der Waals surface area (Å²) in [6, 6.07) is 0. The lowest BCUT2D eigenvalue weighted by Gasteiger charge is -2.26. The van der Waals surface area contributed by atoms with Gasteiger partial charge >= 0.3 is 0 Å². The summed E-state index contributed by atoms with van der Waals surface area (Å²) in [5, 5.41) is 3.55. The van der Waals surface area contributed by atoms with E-state index < -0.39 is 0 Å². The van der Waals surface area contributed by atoms with Crippen molar-refractivity contribution in [2.75, 3.05) is 6.54 Å². The first-order valence-electron chi connectivity index (χ1n) is 8.11. The SMILES string of the molecule is O=C(CC1CC2CCC1C2)NCC1CCC(Cl)CC1. The number of carbonyl (C=O) groups is 1. The number of carbonyl (C=O) groups excluding carboxylic acids is 1. The van der Waals surface area contributed by atoms with Gasteiger partial charge in [0.1, 0.15) is 0 Å². The molecule has 108 valence electrons. The van der Waals surface area contributed by atoms with Crippen molar-refractivity contribution in [1.29, 1.82) is 0 Å². The predicted octanol–water partition coefficient (Wildman–Crippen LogP) is 3.73. The quantitative estimate of drug-likeness (QED) is 0.783. The lowest BCUT2D eigenvalue weighted by atomic mass is 9.86. The molecule has 3 rings (SSSR count). The normalized spacial score (nSPS) is 41.4. The van der Waals surface area contributed by atoms with Gasteiger partial charge in [0.15, 0.2) is 0 Å². The topological polar surface area (TPSA) is 29.1 Å². The van der Waals surface area contributed by atoms with Crippen LogP contribution in [-0.4, -0.2) is 17.8 Å². The van der Waals surface area contributed by atoms with Crippen LogP contribution < -0.4 is 5.32 Å². The monoisotopic (exact) mass is 283 g/mol. The Hall–Kier alpha value is -0.240. The summed E-state index contributed by atoms with van der Waals surface area (Å²) >= 11 is 6.11. The van der Waals surface area contributed by atoms with Gasteiger partial charge in [0.05, 0.1) is 0 Å². The number of halogens is 1. The van der Waals surface area contributed by atoms with E-state index in [0.717, 1.165) is 37.6 Å². The minimum atomic E-state index is 0.297. The molecule has 3 saturated carbocycles. The molecule has 3 fully saturated rings. The van der Waals surface area contributed by atoms with Crippen LogP contribution in [0, 0.1) is 23.7 Å². The van der Waals surface area contributed by atoms with E-state index in [1.165, 1.54) is 38.5 Å². The Labute approximate surface area is 121 Å². The highest BCUT2D eigenvalue weighted by molar-refractivity contribution is 6.20. The van der Waals surface area contributed by atoms with Gasteiger partial charge in [-0.05, 0) is 68.6 Å². The van der Waals surface area contributed by atoms with Crippen molar-refractivity contribution >= 4 is 17.5 Å². The molecule has 0 aromatic carbocycles. The molecule has 2 nitrogen and oxygen atoms in total. The van der Waals surface area contributed by atoms with E-state index in [9.17, 15) is 4.79 Å². The molecule has 0 aromatic rings. The number of hydrogen-bond acceptors (Lipinski definition) is 1. The lowest BCUT2D eigenvalue weighted by molar-refractivity contribution is -0.122. The van der Waals surface area contributed by atoms with Gasteiger partial charge < -0.3 is 5.32 Å². The third-order valence-electron chi connectivity index (χ3n) is 5.70. The Bertz CT molecular complexity index is 325. The molecule has 0 saturated heterocycles. The van der Waals surface area contributed by atoms with Gasteiger partial charge in [-0.15, -0.1) is 11.6 Å². The molecule has 1 N–H and O–H groups in total. The summed E-state index contributed by atoms with van der Waals surface area (Å²) < 4.78 is 0. The van der Waals surface area contributed by atoms with Crippen LogP contribution in [0.4, 0.5) is 0 Å². The molecule has 1 amide bonds. The average Bonchev–Trinajstić information content (AvgIpc) is 3.00. The van der Waals surface area contributed by atoms with Gasteiger partial charge in [0.25, 0.3) is 0 Å². The van der Waals surface area contributed by atoms with Crippen molar-refractivity contribution in [2.45, 2.75) is 63.2 Å². The standard InChI is InChI=1S/C16H26ClNO/c17-15-5-2-11(3-6-15)10-18-16(19)9-14-8-12-1-4-13(14)7-12/h11-15H,1-10H2,(H,18,19). The van der Waals surface area contributed by atoms with Crippen molar-refractivity contribution < 1.29 is 4.79 Å². The second kappa shape index (κ2) is 6.03. The summed E-state index contributed by atoms with van der Waals surface area (Å²) in [5.74, 6) is 3.46. The largest absolute Gasteiger partial charge is 0.356 e. The van der Waals surface area contributed by atoms with Crippen LogP contribution in [-0.2, 0) is 4.79 Å². The minimum absolute atomic E-state index is 0.297. The second-order valence-electron chi connectivity index (χ2n) is 7.06. The summed E-state index contributed by atoms with van der Waals surface area (Å²) in [4.78, 5) is 12.0. The molecule has 19 heavy (non-hydrogen) atoms. The molecule has 0 aromatic heterocycles. The lowest BCUT2D eigenvalue weighted by Crippen LogP contribution is -2.33. The Morgan fingerprint density at radius 2 is 1.84 bits per heavy atom. The molecule has 3 aliphatic carbocycles. The van der Waals surface area contributed by atoms with E-state index in [1.807, 2.05) is 0 Å². The Morgan fingerprint density at radius 3 is 2.47 bits per heavy atom. The summed E-state index contributed by atoms with van der Waals surface area (Å²) in [7, 11) is 0. The fourth-order valence-corrected chi connectivity index (χ4v) is 4.77. The van der Waals surface area contributed by atoms with E-state index >= 15 is 0 Å². The molecule has 2 bridgehead atoms. The third kappa shape index (κ3) is 3.45. The highest BCUT2D eigenvalue weighted by Crippen LogP contribution is 2.49. The van der Waals surface area contributed by atoms with Gasteiger partial charge in [0, 0.05) is 18.3 Å². The van der Waals surface area contributed by atoms with Crippen LogP contribution in [0.25, 0.3) is 0 Å². The molecule has 0 heterocycles. The van der Waals surface area contributed by atoms with Gasteiger partial charge in [-0.2, -0.15) is 0 Å². The van der Waals surface area contributed by atoms with Gasteiger partial charge in [-0.1, -0.05) is 6.42 Å². The summed E-state index contributed by atoms with van der Waals surface area (Å²) in [6.07, 6.45) is 10.9. The zero-order valence-corrected chi connectivity index (χ0v) is 12.5. The number of amides is 1. The van der Waals surface area contributed by atoms with Gasteiger partial charge in [-0.3, -0.25) is 4.79 Å². The molecule has 3 aliphatic rings. The van der Waals surface area contributed by atoms with E-state index in [0.29, 0.717) is 23.1 Å². The molecule has 0 radical (unpaired) electrons. The minimum Gasteiger partial charge on any atom is -0.356 e. The van der Waals surface area contributed by atoms with Crippen LogP contribution in [0.5, 0.6) is 0 Å². The highest BCUT2D eigenvalue weighted by Gasteiger charge is 2.40. The maximum Gasteiger partial charge on any atom is 0.220 e. The maximum atomic E-state index is 12.0. The number of nitrogens with one attached hydrogen (secondary N) is 1. The van der Waals surface area contributed by atoms with Gasteiger partial charge in [0.2, 0.25) is 5.91 Å². The van der Waals surface area contributed by atoms with Gasteiger partial charge in [-0.25, -0.2) is 0 Å². The van der Waals surface area contributed by atoms with E-state index in [2.05, 4.69) is 5.32 Å². The van der Waals surface area contributed by atoms with Crippen LogP contribution >= 0.6 is 11.6 Å². The predicted molar refractivity (Wildman–Crippen MR) is 78.2 cm³/mol. The van der Waals surface area contributed by atoms with E-state index in [4.69, 9.17) is 11.6 Å². The smallest absolute Gasteiger partial charge is 0.220 e. The van der Waals surface area contributed by atoms with Crippen molar-refractivity contribution in [3.8, 4) is 0 Å². The molecule has 3 unspecified atom stereocenters. The Morgan fingerprint density at radius 1 is 1.05 bits per heavy atom. The summed E-state index contributed by atoms with van der Waals surface area (Å²) in [6.45, 7) is 0.878. The molecule has 3 atom stereocenters. The van der Waals surface area contributed by atoms with Crippen LogP contribution in [0.3, 0.4) is 0 Å². The fraction of sp³-hybridized carbons (Fsp3) is 0.938. The third-order valence-corrected chi connectivity index (χ3v) is 6.13.